The molecule has 28 heavy (non-hydrogen) atoms. The molecule has 3 aromatic rings. The molecule has 0 spiro atoms. The predicted molar refractivity (Wildman–Crippen MR) is 114 cm³/mol. The molecule has 2 N–H and O–H groups in total. The zero-order valence-corrected chi connectivity index (χ0v) is 16.4. The Kier molecular flexibility index (Phi) is 5.60. The van der Waals surface area contributed by atoms with Crippen LogP contribution in [0.1, 0.15) is 5.69 Å². The Morgan fingerprint density at radius 1 is 0.964 bits per heavy atom. The van der Waals surface area contributed by atoms with Crippen LogP contribution >= 0.6 is 11.6 Å². The number of benzene rings is 2. The second-order valence-corrected chi connectivity index (χ2v) is 7.03. The van der Waals surface area contributed by atoms with Crippen molar-refractivity contribution in [1.29, 1.82) is 0 Å². The lowest BCUT2D eigenvalue weighted by Crippen LogP contribution is -2.36. The molecule has 144 valence electrons. The summed E-state index contributed by atoms with van der Waals surface area (Å²) in [7, 11) is 0. The maximum atomic E-state index is 6.07. The molecular formula is C21H22ClN5O. The average Bonchev–Trinajstić information content (AvgIpc) is 2.69. The minimum Gasteiger partial charge on any atom is -0.378 e. The molecule has 2 heterocycles. The van der Waals surface area contributed by atoms with Crippen molar-refractivity contribution in [3.8, 4) is 0 Å². The molecule has 4 rings (SSSR count). The number of nitrogens with one attached hydrogen (secondary N) is 2. The van der Waals surface area contributed by atoms with Gasteiger partial charge in [0.05, 0.1) is 24.6 Å². The molecule has 1 saturated heterocycles. The Hall–Kier alpha value is -2.83. The minimum absolute atomic E-state index is 0.522. The van der Waals surface area contributed by atoms with Gasteiger partial charge in [-0.1, -0.05) is 29.8 Å². The van der Waals surface area contributed by atoms with Crippen molar-refractivity contribution in [3.63, 3.8) is 0 Å². The van der Waals surface area contributed by atoms with E-state index in [9.17, 15) is 0 Å². The van der Waals surface area contributed by atoms with Crippen LogP contribution in [0.15, 0.2) is 54.6 Å². The van der Waals surface area contributed by atoms with Gasteiger partial charge in [0.15, 0.2) is 0 Å². The van der Waals surface area contributed by atoms with Crippen LogP contribution in [0.5, 0.6) is 0 Å². The summed E-state index contributed by atoms with van der Waals surface area (Å²) in [6.45, 7) is 5.19. The van der Waals surface area contributed by atoms with Crippen molar-refractivity contribution < 1.29 is 4.74 Å². The normalized spacial score (nSPS) is 14.0. The molecule has 1 aromatic heterocycles. The second-order valence-electron chi connectivity index (χ2n) is 6.60. The third-order valence-corrected chi connectivity index (χ3v) is 4.69. The van der Waals surface area contributed by atoms with Gasteiger partial charge in [0.2, 0.25) is 5.95 Å². The summed E-state index contributed by atoms with van der Waals surface area (Å²) in [6.07, 6.45) is 0. The van der Waals surface area contributed by atoms with E-state index >= 15 is 0 Å². The van der Waals surface area contributed by atoms with Crippen LogP contribution < -0.4 is 15.5 Å². The van der Waals surface area contributed by atoms with Gasteiger partial charge in [-0.2, -0.15) is 4.98 Å². The Labute approximate surface area is 169 Å². The summed E-state index contributed by atoms with van der Waals surface area (Å²) in [6, 6.07) is 17.7. The van der Waals surface area contributed by atoms with Gasteiger partial charge in [0.25, 0.3) is 0 Å². The number of rotatable bonds is 5. The van der Waals surface area contributed by atoms with Gasteiger partial charge in [0, 0.05) is 35.6 Å². The van der Waals surface area contributed by atoms with E-state index in [4.69, 9.17) is 16.3 Å². The molecule has 1 aliphatic heterocycles. The number of hydrogen-bond acceptors (Lipinski definition) is 6. The Morgan fingerprint density at radius 3 is 2.61 bits per heavy atom. The minimum atomic E-state index is 0.522. The van der Waals surface area contributed by atoms with Crippen molar-refractivity contribution in [2.75, 3.05) is 41.8 Å². The maximum absolute atomic E-state index is 6.07. The zero-order chi connectivity index (χ0) is 19.3. The van der Waals surface area contributed by atoms with Crippen LogP contribution in [0, 0.1) is 6.92 Å². The molecule has 0 bridgehead atoms. The van der Waals surface area contributed by atoms with E-state index in [0.717, 1.165) is 54.9 Å². The molecule has 0 saturated carbocycles. The number of ether oxygens (including phenoxy) is 1. The second kappa shape index (κ2) is 8.46. The van der Waals surface area contributed by atoms with Crippen molar-refractivity contribution in [1.82, 2.24) is 9.97 Å². The number of halogens is 1. The molecule has 6 nitrogen and oxygen atoms in total. The van der Waals surface area contributed by atoms with Gasteiger partial charge in [-0.25, -0.2) is 4.98 Å². The summed E-state index contributed by atoms with van der Waals surface area (Å²) in [5.41, 5.74) is 3.87. The monoisotopic (exact) mass is 395 g/mol. The maximum Gasteiger partial charge on any atom is 0.229 e. The van der Waals surface area contributed by atoms with Crippen LogP contribution in [-0.4, -0.2) is 36.3 Å². The fraction of sp³-hybridized carbons (Fsp3) is 0.238. The summed E-state index contributed by atoms with van der Waals surface area (Å²) in [5, 5.41) is 7.33. The van der Waals surface area contributed by atoms with Gasteiger partial charge in [-0.3, -0.25) is 0 Å². The molecule has 1 aliphatic rings. The molecule has 0 amide bonds. The summed E-state index contributed by atoms with van der Waals surface area (Å²) >= 11 is 6.07. The highest BCUT2D eigenvalue weighted by Crippen LogP contribution is 2.29. The van der Waals surface area contributed by atoms with Crippen molar-refractivity contribution >= 4 is 40.4 Å². The highest BCUT2D eigenvalue weighted by molar-refractivity contribution is 6.30. The first-order valence-corrected chi connectivity index (χ1v) is 9.62. The van der Waals surface area contributed by atoms with Crippen molar-refractivity contribution in [2.24, 2.45) is 0 Å². The molecule has 7 heteroatoms. The first kappa shape index (κ1) is 18.5. The molecule has 0 atom stereocenters. The van der Waals surface area contributed by atoms with Crippen LogP contribution in [-0.2, 0) is 4.74 Å². The molecule has 1 fully saturated rings. The third kappa shape index (κ3) is 4.52. The molecule has 2 aromatic carbocycles. The van der Waals surface area contributed by atoms with E-state index in [1.807, 2.05) is 49.4 Å². The predicted octanol–water partition coefficient (Wildman–Crippen LogP) is 4.76. The van der Waals surface area contributed by atoms with Crippen LogP contribution in [0.25, 0.3) is 0 Å². The summed E-state index contributed by atoms with van der Waals surface area (Å²) < 4.78 is 5.48. The molecule has 0 unspecified atom stereocenters. The van der Waals surface area contributed by atoms with Crippen molar-refractivity contribution in [2.45, 2.75) is 6.92 Å². The lowest BCUT2D eigenvalue weighted by Gasteiger charge is -2.30. The highest BCUT2D eigenvalue weighted by Gasteiger charge is 2.15. The Bertz CT molecular complexity index is 959. The SMILES string of the molecule is Cc1cc(Nc2ccccc2N2CCOCC2)nc(Nc2cccc(Cl)c2)n1. The lowest BCUT2D eigenvalue weighted by atomic mass is 10.2. The van der Waals surface area contributed by atoms with Crippen LogP contribution in [0.3, 0.4) is 0 Å². The number of hydrogen-bond donors (Lipinski definition) is 2. The number of aromatic nitrogens is 2. The third-order valence-electron chi connectivity index (χ3n) is 4.45. The molecule has 0 radical (unpaired) electrons. The summed E-state index contributed by atoms with van der Waals surface area (Å²) in [5.74, 6) is 1.26. The van der Waals surface area contributed by atoms with Gasteiger partial charge >= 0.3 is 0 Å². The van der Waals surface area contributed by atoms with Gasteiger partial charge in [-0.15, -0.1) is 0 Å². The van der Waals surface area contributed by atoms with Crippen LogP contribution in [0.2, 0.25) is 5.02 Å². The average molecular weight is 396 g/mol. The van der Waals surface area contributed by atoms with Crippen LogP contribution in [0.4, 0.5) is 28.8 Å². The van der Waals surface area contributed by atoms with Gasteiger partial charge < -0.3 is 20.3 Å². The number of nitrogens with zero attached hydrogens (tertiary/aromatic N) is 3. The Balaban J connectivity index is 1.58. The first-order chi connectivity index (χ1) is 13.7. The molecule has 0 aliphatic carbocycles. The van der Waals surface area contributed by atoms with E-state index in [0.29, 0.717) is 11.0 Å². The number of morpholine rings is 1. The largest absolute Gasteiger partial charge is 0.378 e. The van der Waals surface area contributed by atoms with Gasteiger partial charge in [-0.05, 0) is 37.3 Å². The van der Waals surface area contributed by atoms with E-state index in [-0.39, 0.29) is 0 Å². The lowest BCUT2D eigenvalue weighted by molar-refractivity contribution is 0.123. The molecular weight excluding hydrogens is 374 g/mol. The topological polar surface area (TPSA) is 62.3 Å². The number of aryl methyl sites for hydroxylation is 1. The van der Waals surface area contributed by atoms with E-state index in [2.05, 4.69) is 37.6 Å². The highest BCUT2D eigenvalue weighted by atomic mass is 35.5. The number of para-hydroxylation sites is 2. The zero-order valence-electron chi connectivity index (χ0n) is 15.7. The fourth-order valence-corrected chi connectivity index (χ4v) is 3.37. The summed E-state index contributed by atoms with van der Waals surface area (Å²) in [4.78, 5) is 11.4. The van der Waals surface area contributed by atoms with E-state index < -0.39 is 0 Å². The first-order valence-electron chi connectivity index (χ1n) is 9.24. The van der Waals surface area contributed by atoms with E-state index in [1.165, 1.54) is 0 Å². The fourth-order valence-electron chi connectivity index (χ4n) is 3.18. The Morgan fingerprint density at radius 2 is 1.79 bits per heavy atom. The van der Waals surface area contributed by atoms with E-state index in [1.54, 1.807) is 0 Å². The smallest absolute Gasteiger partial charge is 0.229 e. The number of anilines is 5. The quantitative estimate of drug-likeness (QED) is 0.649. The van der Waals surface area contributed by atoms with Crippen molar-refractivity contribution in [3.05, 3.63) is 65.3 Å². The van der Waals surface area contributed by atoms with Gasteiger partial charge in [0.1, 0.15) is 5.82 Å². The standard InChI is InChI=1S/C21H22ClN5O/c1-15-13-20(26-21(23-15)24-17-6-4-5-16(22)14-17)25-18-7-2-3-8-19(18)27-9-11-28-12-10-27/h2-8,13-14H,9-12H2,1H3,(H2,23,24,25,26).